The molecule has 3 heterocycles. The van der Waals surface area contributed by atoms with Gasteiger partial charge in [-0.15, -0.1) is 0 Å². The number of aliphatic hydroxyl groups excluding tert-OH is 2. The summed E-state index contributed by atoms with van der Waals surface area (Å²) in [5.41, 5.74) is 6.08. The van der Waals surface area contributed by atoms with Gasteiger partial charge in [0.15, 0.2) is 17.7 Å². The second-order valence-corrected chi connectivity index (χ2v) is 9.60. The van der Waals surface area contributed by atoms with Gasteiger partial charge in [-0.1, -0.05) is 0 Å². The fourth-order valence-corrected chi connectivity index (χ4v) is 5.09. The van der Waals surface area contributed by atoms with Crippen molar-refractivity contribution in [3.05, 3.63) is 12.7 Å². The number of imidazole rings is 1. The van der Waals surface area contributed by atoms with Crippen LogP contribution in [0.5, 0.6) is 0 Å². The number of nitrogen functional groups attached to an aromatic ring is 1. The lowest BCUT2D eigenvalue weighted by molar-refractivity contribution is -0.134. The molecule has 2 unspecified atom stereocenters. The molecule has 1 fully saturated rings. The number of hydrogen-bond acceptors (Lipinski definition) is 12. The number of phosphoric ester groups is 1. The van der Waals surface area contributed by atoms with Crippen molar-refractivity contribution in [1.82, 2.24) is 19.5 Å². The average Bonchev–Trinajstić information content (AvgIpc) is 3.14. The van der Waals surface area contributed by atoms with Gasteiger partial charge >= 0.3 is 21.4 Å². The minimum absolute atomic E-state index is 0.0693. The van der Waals surface area contributed by atoms with Crippen LogP contribution < -0.4 is 5.73 Å². The van der Waals surface area contributed by atoms with Crippen molar-refractivity contribution in [2.24, 2.45) is 0 Å². The lowest BCUT2D eigenvalue weighted by Gasteiger charge is -2.18. The van der Waals surface area contributed by atoms with Gasteiger partial charge < -0.3 is 35.6 Å². The topological polar surface area (TPSA) is 250 Å². The normalized spacial score (nSPS) is 28.3. The van der Waals surface area contributed by atoms with Gasteiger partial charge in [0.05, 0.1) is 12.9 Å². The molecule has 30 heavy (non-hydrogen) atoms. The summed E-state index contributed by atoms with van der Waals surface area (Å²) >= 11 is 0. The first-order valence-electron chi connectivity index (χ1n) is 8.07. The van der Waals surface area contributed by atoms with E-state index in [2.05, 4.69) is 23.8 Å². The van der Waals surface area contributed by atoms with Crippen molar-refractivity contribution in [2.75, 3.05) is 18.5 Å². The Morgan fingerprint density at radius 2 is 1.93 bits per heavy atom. The number of nitrogens with zero attached hydrogens (tertiary/aromatic N) is 4. The van der Waals surface area contributed by atoms with E-state index in [1.54, 1.807) is 0 Å². The first-order valence-corrected chi connectivity index (χ1v) is 11.3. The summed E-state index contributed by atoms with van der Waals surface area (Å²) in [7, 11) is -10.2. The SMILES string of the molecule is Nc1ncnc2c1ncn2[C@@H]1O[C@H](COP(=O)(O)OP(=O)(O)CC(=O)O)[C@@H](O)[C@H]1O. The Bertz CT molecular complexity index is 1050. The van der Waals surface area contributed by atoms with Crippen molar-refractivity contribution >= 4 is 38.4 Å². The number of hydrogen-bond donors (Lipinski definition) is 6. The number of carboxylic acids is 1. The third-order valence-corrected chi connectivity index (χ3v) is 6.96. The molecule has 0 saturated carbocycles. The summed E-state index contributed by atoms with van der Waals surface area (Å²) in [6.07, 6.45) is -4.80. The fourth-order valence-electron chi connectivity index (χ4n) is 2.71. The van der Waals surface area contributed by atoms with E-state index in [0.29, 0.717) is 0 Å². The molecule has 1 aliphatic rings. The first kappa shape index (κ1) is 22.7. The maximum Gasteiger partial charge on any atom is 0.479 e. The summed E-state index contributed by atoms with van der Waals surface area (Å²) in [5.74, 6) is -1.67. The molecule has 0 aliphatic carbocycles. The van der Waals surface area contributed by atoms with Crippen molar-refractivity contribution < 1.29 is 52.6 Å². The van der Waals surface area contributed by atoms with E-state index in [4.69, 9.17) is 15.6 Å². The number of ether oxygens (including phenoxy) is 1. The molecule has 3 rings (SSSR count). The van der Waals surface area contributed by atoms with Crippen LogP contribution in [0, 0.1) is 0 Å². The molecule has 1 aliphatic heterocycles. The summed E-state index contributed by atoms with van der Waals surface area (Å²) in [4.78, 5) is 41.0. The Kier molecular flexibility index (Phi) is 6.25. The Balaban J connectivity index is 1.70. The van der Waals surface area contributed by atoms with Gasteiger partial charge in [-0.2, -0.15) is 0 Å². The second-order valence-electron chi connectivity index (χ2n) is 6.16. The van der Waals surface area contributed by atoms with Crippen molar-refractivity contribution in [1.29, 1.82) is 0 Å². The van der Waals surface area contributed by atoms with Crippen LogP contribution in [0.15, 0.2) is 12.7 Å². The molecular weight excluding hydrogens is 452 g/mol. The Labute approximate surface area is 167 Å². The minimum atomic E-state index is -5.20. The predicted molar refractivity (Wildman–Crippen MR) is 94.8 cm³/mol. The van der Waals surface area contributed by atoms with Crippen LogP contribution in [-0.2, 0) is 27.5 Å². The minimum Gasteiger partial charge on any atom is -0.481 e. The number of anilines is 1. The van der Waals surface area contributed by atoms with Crippen molar-refractivity contribution in [3.63, 3.8) is 0 Å². The molecular formula is C12H17N5O11P2. The smallest absolute Gasteiger partial charge is 0.479 e. The number of carboxylic acid groups (broad SMARTS) is 1. The fraction of sp³-hybridized carbons (Fsp3) is 0.500. The standard InChI is InChI=1S/C12H17N5O11P2/c13-10-7-11(15-3-14-10)17(4-16-7)12-9(21)8(20)5(27-12)1-26-30(24,25)28-29(22,23)2-6(18)19/h3-5,8-9,12,20-21H,1-2H2,(H,18,19)(H,22,23)(H,24,25)(H2,13,14,15)/t5-,8-,9-,12-/m1/s1. The van der Waals surface area contributed by atoms with Crippen LogP contribution in [0.1, 0.15) is 6.23 Å². The molecule has 0 amide bonds. The van der Waals surface area contributed by atoms with Gasteiger partial charge in [0.2, 0.25) is 0 Å². The van der Waals surface area contributed by atoms with Gasteiger partial charge in [0, 0.05) is 0 Å². The highest BCUT2D eigenvalue weighted by Crippen LogP contribution is 2.59. The van der Waals surface area contributed by atoms with E-state index < -0.39 is 58.7 Å². The van der Waals surface area contributed by atoms with E-state index in [1.807, 2.05) is 0 Å². The van der Waals surface area contributed by atoms with E-state index in [1.165, 1.54) is 10.9 Å². The summed E-state index contributed by atoms with van der Waals surface area (Å²) in [6.45, 7) is -0.848. The molecule has 0 aromatic carbocycles. The molecule has 18 heteroatoms. The van der Waals surface area contributed by atoms with Crippen LogP contribution >= 0.6 is 15.4 Å². The second kappa shape index (κ2) is 8.26. The van der Waals surface area contributed by atoms with Crippen LogP contribution in [0.3, 0.4) is 0 Å². The Morgan fingerprint density at radius 3 is 2.60 bits per heavy atom. The Hall–Kier alpha value is -2.00. The first-order chi connectivity index (χ1) is 13.9. The molecule has 2 aromatic rings. The molecule has 1 saturated heterocycles. The molecule has 6 atom stereocenters. The largest absolute Gasteiger partial charge is 0.481 e. The average molecular weight is 469 g/mol. The van der Waals surface area contributed by atoms with Gasteiger partial charge in [0.25, 0.3) is 0 Å². The lowest BCUT2D eigenvalue weighted by Crippen LogP contribution is -2.33. The van der Waals surface area contributed by atoms with Crippen LogP contribution in [0.2, 0.25) is 0 Å². The number of phosphoric acid groups is 1. The van der Waals surface area contributed by atoms with E-state index in [0.717, 1.165) is 6.33 Å². The zero-order valence-electron chi connectivity index (χ0n) is 14.8. The molecule has 0 spiro atoms. The summed E-state index contributed by atoms with van der Waals surface area (Å²) in [5, 5.41) is 28.9. The van der Waals surface area contributed by atoms with E-state index in [9.17, 15) is 33.9 Å². The number of fused-ring (bicyclic) bond motifs is 1. The summed E-state index contributed by atoms with van der Waals surface area (Å²) in [6, 6.07) is 0. The molecule has 2 aromatic heterocycles. The number of rotatable bonds is 8. The van der Waals surface area contributed by atoms with Crippen molar-refractivity contribution in [2.45, 2.75) is 24.5 Å². The number of aliphatic hydroxyl groups is 2. The van der Waals surface area contributed by atoms with E-state index in [-0.39, 0.29) is 17.0 Å². The van der Waals surface area contributed by atoms with Gasteiger partial charge in [-0.3, -0.25) is 18.5 Å². The van der Waals surface area contributed by atoms with Gasteiger partial charge in [0.1, 0.15) is 36.3 Å². The molecule has 16 nitrogen and oxygen atoms in total. The quantitative estimate of drug-likeness (QED) is 0.239. The van der Waals surface area contributed by atoms with Crippen LogP contribution in [0.25, 0.3) is 11.2 Å². The van der Waals surface area contributed by atoms with Gasteiger partial charge in [-0.25, -0.2) is 23.8 Å². The Morgan fingerprint density at radius 1 is 1.23 bits per heavy atom. The van der Waals surface area contributed by atoms with E-state index >= 15 is 0 Å². The molecule has 7 N–H and O–H groups in total. The number of aromatic nitrogens is 4. The maximum absolute atomic E-state index is 11.8. The number of aliphatic carboxylic acids is 1. The highest BCUT2D eigenvalue weighted by Gasteiger charge is 2.46. The highest BCUT2D eigenvalue weighted by molar-refractivity contribution is 7.64. The summed E-state index contributed by atoms with van der Waals surface area (Å²) < 4.78 is 38.5. The predicted octanol–water partition coefficient (Wildman–Crippen LogP) is -1.57. The lowest BCUT2D eigenvalue weighted by atomic mass is 10.1. The third-order valence-electron chi connectivity index (χ3n) is 3.97. The zero-order chi connectivity index (χ0) is 22.3. The number of carbonyl (C=O) groups is 1. The monoisotopic (exact) mass is 469 g/mol. The number of nitrogens with two attached hydrogens (primary N) is 1. The van der Waals surface area contributed by atoms with Crippen molar-refractivity contribution in [3.8, 4) is 0 Å². The van der Waals surface area contributed by atoms with Crippen LogP contribution in [0.4, 0.5) is 5.82 Å². The molecule has 0 radical (unpaired) electrons. The highest BCUT2D eigenvalue weighted by atomic mass is 31.3. The molecule has 166 valence electrons. The zero-order valence-corrected chi connectivity index (χ0v) is 16.6. The molecule has 0 bridgehead atoms. The maximum atomic E-state index is 11.8. The van der Waals surface area contributed by atoms with Crippen LogP contribution in [-0.4, -0.2) is 81.7 Å². The van der Waals surface area contributed by atoms with Gasteiger partial charge in [-0.05, 0) is 0 Å². The third kappa shape index (κ3) is 4.83.